The predicted molar refractivity (Wildman–Crippen MR) is 103 cm³/mol. The van der Waals surface area contributed by atoms with Crippen molar-refractivity contribution in [2.75, 3.05) is 25.7 Å². The Morgan fingerprint density at radius 3 is 2.71 bits per heavy atom. The van der Waals surface area contributed by atoms with Crippen molar-refractivity contribution in [1.29, 1.82) is 5.26 Å². The first-order chi connectivity index (χ1) is 13.5. The summed E-state index contributed by atoms with van der Waals surface area (Å²) in [6, 6.07) is 14.3. The number of carbonyl (C=O) groups excluding carboxylic acids is 2. The van der Waals surface area contributed by atoms with Crippen LogP contribution in [0.15, 0.2) is 42.5 Å². The van der Waals surface area contributed by atoms with Gasteiger partial charge in [-0.2, -0.15) is 5.26 Å². The molecule has 2 aromatic carbocycles. The van der Waals surface area contributed by atoms with Gasteiger partial charge in [0.1, 0.15) is 0 Å². The molecule has 144 valence electrons. The highest BCUT2D eigenvalue weighted by molar-refractivity contribution is 6.00. The highest BCUT2D eigenvalue weighted by Crippen LogP contribution is 2.28. The van der Waals surface area contributed by atoms with Crippen LogP contribution >= 0.6 is 0 Å². The van der Waals surface area contributed by atoms with Crippen LogP contribution in [0.4, 0.5) is 5.69 Å². The minimum Gasteiger partial charge on any atom is -0.493 e. The highest BCUT2D eigenvalue weighted by Gasteiger charge is 2.35. The molecule has 0 aromatic heterocycles. The molecule has 28 heavy (non-hydrogen) atoms. The molecule has 0 spiro atoms. The first kappa shape index (κ1) is 19.2. The van der Waals surface area contributed by atoms with Crippen LogP contribution in [0.2, 0.25) is 0 Å². The number of anilines is 1. The fraction of sp³-hybridized carbons (Fsp3) is 0.286. The van der Waals surface area contributed by atoms with Crippen LogP contribution < -0.4 is 19.7 Å². The number of ether oxygens (including phenoxy) is 2. The van der Waals surface area contributed by atoms with Gasteiger partial charge in [-0.25, -0.2) is 0 Å². The van der Waals surface area contributed by atoms with Gasteiger partial charge in [0, 0.05) is 25.2 Å². The number of hydrogen-bond donors (Lipinski definition) is 1. The van der Waals surface area contributed by atoms with Crippen molar-refractivity contribution >= 4 is 17.5 Å². The Bertz CT molecular complexity index is 935. The zero-order valence-electron chi connectivity index (χ0n) is 15.8. The second-order valence-electron chi connectivity index (χ2n) is 6.47. The van der Waals surface area contributed by atoms with Crippen molar-refractivity contribution in [1.82, 2.24) is 5.32 Å². The first-order valence-electron chi connectivity index (χ1n) is 8.85. The minimum absolute atomic E-state index is 0.124. The van der Waals surface area contributed by atoms with Crippen LogP contribution in [0.5, 0.6) is 11.5 Å². The summed E-state index contributed by atoms with van der Waals surface area (Å²) in [6.07, 6.45) is 0.147. The molecule has 2 amide bonds. The average molecular weight is 379 g/mol. The number of benzene rings is 2. The molecule has 3 rings (SSSR count). The molecule has 2 aromatic rings. The van der Waals surface area contributed by atoms with Gasteiger partial charge < -0.3 is 19.7 Å². The molecule has 0 aliphatic carbocycles. The summed E-state index contributed by atoms with van der Waals surface area (Å²) in [6.45, 7) is 0.624. The zero-order chi connectivity index (χ0) is 20.1. The van der Waals surface area contributed by atoms with Crippen LogP contribution in [0.3, 0.4) is 0 Å². The Morgan fingerprint density at radius 2 is 2.00 bits per heavy atom. The second kappa shape index (κ2) is 8.44. The quantitative estimate of drug-likeness (QED) is 0.831. The molecule has 1 saturated heterocycles. The van der Waals surface area contributed by atoms with Crippen LogP contribution in [0, 0.1) is 17.2 Å². The van der Waals surface area contributed by atoms with Gasteiger partial charge in [0.2, 0.25) is 11.8 Å². The SMILES string of the molecule is COc1ccc(CNC(=O)C2CC(=O)N(c3cccc(C#N)c3)C2)cc1OC. The lowest BCUT2D eigenvalue weighted by Gasteiger charge is -2.17. The molecule has 1 N–H and O–H groups in total. The van der Waals surface area contributed by atoms with Crippen LogP contribution in [0.25, 0.3) is 0 Å². The van der Waals surface area contributed by atoms with Crippen molar-refractivity contribution in [3.63, 3.8) is 0 Å². The molecule has 7 nitrogen and oxygen atoms in total. The van der Waals surface area contributed by atoms with E-state index in [0.717, 1.165) is 5.56 Å². The molecular formula is C21H21N3O4. The van der Waals surface area contributed by atoms with Crippen molar-refractivity contribution in [3.8, 4) is 17.6 Å². The number of rotatable bonds is 6. The lowest BCUT2D eigenvalue weighted by molar-refractivity contribution is -0.126. The summed E-state index contributed by atoms with van der Waals surface area (Å²) in [5.74, 6) is 0.477. The summed E-state index contributed by atoms with van der Waals surface area (Å²) >= 11 is 0. The minimum atomic E-state index is -0.432. The third-order valence-corrected chi connectivity index (χ3v) is 4.70. The van der Waals surface area contributed by atoms with E-state index >= 15 is 0 Å². The topological polar surface area (TPSA) is 91.7 Å². The average Bonchev–Trinajstić information content (AvgIpc) is 3.13. The first-order valence-corrected chi connectivity index (χ1v) is 8.85. The maximum atomic E-state index is 12.5. The van der Waals surface area contributed by atoms with E-state index < -0.39 is 5.92 Å². The van der Waals surface area contributed by atoms with Gasteiger partial charge in [-0.3, -0.25) is 9.59 Å². The zero-order valence-corrected chi connectivity index (χ0v) is 15.8. The largest absolute Gasteiger partial charge is 0.493 e. The Hall–Kier alpha value is -3.53. The molecular weight excluding hydrogens is 358 g/mol. The third-order valence-electron chi connectivity index (χ3n) is 4.70. The molecule has 0 saturated carbocycles. The lowest BCUT2D eigenvalue weighted by Crippen LogP contribution is -2.32. The molecule has 1 atom stereocenters. The van der Waals surface area contributed by atoms with Gasteiger partial charge in [-0.1, -0.05) is 12.1 Å². The molecule has 7 heteroatoms. The number of nitriles is 1. The van der Waals surface area contributed by atoms with Gasteiger partial charge >= 0.3 is 0 Å². The van der Waals surface area contributed by atoms with E-state index in [9.17, 15) is 9.59 Å². The number of methoxy groups -OCH3 is 2. The van der Waals surface area contributed by atoms with Crippen molar-refractivity contribution < 1.29 is 19.1 Å². The maximum absolute atomic E-state index is 12.5. The number of nitrogens with one attached hydrogen (secondary N) is 1. The smallest absolute Gasteiger partial charge is 0.227 e. The summed E-state index contributed by atoms with van der Waals surface area (Å²) in [5.41, 5.74) is 1.99. The lowest BCUT2D eigenvalue weighted by atomic mass is 10.1. The van der Waals surface area contributed by atoms with Crippen molar-refractivity contribution in [2.45, 2.75) is 13.0 Å². The fourth-order valence-corrected chi connectivity index (χ4v) is 3.20. The molecule has 1 aliphatic heterocycles. The monoisotopic (exact) mass is 379 g/mol. The highest BCUT2D eigenvalue weighted by atomic mass is 16.5. The molecule has 1 aliphatic rings. The molecule has 1 unspecified atom stereocenters. The summed E-state index contributed by atoms with van der Waals surface area (Å²) in [7, 11) is 3.12. The van der Waals surface area contributed by atoms with Gasteiger partial charge in [0.15, 0.2) is 11.5 Å². The van der Waals surface area contributed by atoms with E-state index in [1.165, 1.54) is 0 Å². The number of carbonyl (C=O) groups is 2. The Kier molecular flexibility index (Phi) is 5.80. The predicted octanol–water partition coefficient (Wildman–Crippen LogP) is 2.24. The number of nitrogens with zero attached hydrogens (tertiary/aromatic N) is 2. The Morgan fingerprint density at radius 1 is 1.21 bits per heavy atom. The van der Waals surface area contributed by atoms with Crippen LogP contribution in [-0.2, 0) is 16.1 Å². The van der Waals surface area contributed by atoms with Crippen molar-refractivity contribution in [3.05, 3.63) is 53.6 Å². The molecule has 1 heterocycles. The summed E-state index contributed by atoms with van der Waals surface area (Å²) < 4.78 is 10.5. The summed E-state index contributed by atoms with van der Waals surface area (Å²) in [5, 5.41) is 11.9. The van der Waals surface area contributed by atoms with Crippen molar-refractivity contribution in [2.24, 2.45) is 5.92 Å². The Balaban J connectivity index is 1.63. The van der Waals surface area contributed by atoms with E-state index in [0.29, 0.717) is 35.8 Å². The maximum Gasteiger partial charge on any atom is 0.227 e. The van der Waals surface area contributed by atoms with E-state index in [4.69, 9.17) is 14.7 Å². The number of amides is 2. The van der Waals surface area contributed by atoms with E-state index in [1.54, 1.807) is 55.5 Å². The molecule has 0 radical (unpaired) electrons. The standard InChI is InChI=1S/C21H21N3O4/c1-27-18-7-6-15(9-19(18)28-2)12-23-21(26)16-10-20(25)24(13-16)17-5-3-4-14(8-17)11-22/h3-9,16H,10,12-13H2,1-2H3,(H,23,26). The molecule has 1 fully saturated rings. The van der Waals surface area contributed by atoms with Gasteiger partial charge in [-0.15, -0.1) is 0 Å². The Labute approximate surface area is 163 Å². The molecule has 0 bridgehead atoms. The number of hydrogen-bond acceptors (Lipinski definition) is 5. The van der Waals surface area contributed by atoms with E-state index in [2.05, 4.69) is 11.4 Å². The summed E-state index contributed by atoms with van der Waals surface area (Å²) in [4.78, 5) is 26.5. The van der Waals surface area contributed by atoms with Gasteiger partial charge in [0.05, 0.1) is 31.8 Å². The van der Waals surface area contributed by atoms with Gasteiger partial charge in [-0.05, 0) is 35.9 Å². The normalized spacial score (nSPS) is 15.8. The van der Waals surface area contributed by atoms with Gasteiger partial charge in [0.25, 0.3) is 0 Å². The second-order valence-corrected chi connectivity index (χ2v) is 6.47. The van der Waals surface area contributed by atoms with Crippen LogP contribution in [-0.4, -0.2) is 32.6 Å². The fourth-order valence-electron chi connectivity index (χ4n) is 3.20. The van der Waals surface area contributed by atoms with E-state index in [1.807, 2.05) is 6.07 Å². The van der Waals surface area contributed by atoms with E-state index in [-0.39, 0.29) is 18.2 Å². The van der Waals surface area contributed by atoms with Crippen LogP contribution in [0.1, 0.15) is 17.5 Å². The third kappa shape index (κ3) is 4.07.